The number of aliphatic hydroxyl groups is 1. The van der Waals surface area contributed by atoms with E-state index >= 15 is 0 Å². The second kappa shape index (κ2) is 8.28. The van der Waals surface area contributed by atoms with E-state index in [9.17, 15) is 5.11 Å². The van der Waals surface area contributed by atoms with Gasteiger partial charge in [-0.2, -0.15) is 0 Å². The maximum atomic E-state index is 10.3. The molecule has 0 bridgehead atoms. The Balaban J connectivity index is 1.67. The topological polar surface area (TPSA) is 38.7 Å². The molecule has 0 radical (unpaired) electrons. The van der Waals surface area contributed by atoms with E-state index in [1.54, 1.807) is 0 Å². The van der Waals surface area contributed by atoms with Gasteiger partial charge in [-0.3, -0.25) is 0 Å². The van der Waals surface area contributed by atoms with Gasteiger partial charge in [0.05, 0.1) is 0 Å². The van der Waals surface area contributed by atoms with E-state index in [1.807, 2.05) is 24.3 Å². The van der Waals surface area contributed by atoms with Crippen molar-refractivity contribution in [2.75, 3.05) is 13.2 Å². The second-order valence-corrected chi connectivity index (χ2v) is 5.47. The fourth-order valence-corrected chi connectivity index (χ4v) is 2.58. The van der Waals surface area contributed by atoms with E-state index in [2.05, 4.69) is 6.92 Å². The highest BCUT2D eigenvalue weighted by Crippen LogP contribution is 2.33. The van der Waals surface area contributed by atoms with Gasteiger partial charge in [0.1, 0.15) is 24.6 Å². The fraction of sp³-hybridized carbons (Fsp3) is 0.647. The summed E-state index contributed by atoms with van der Waals surface area (Å²) < 4.78 is 11.4. The number of para-hydroxylation sites is 1. The Hall–Kier alpha value is -1.06. The molecule has 112 valence electrons. The summed E-state index contributed by atoms with van der Waals surface area (Å²) >= 11 is 0. The summed E-state index contributed by atoms with van der Waals surface area (Å²) in [6.45, 7) is 3.37. The molecule has 1 aliphatic rings. The number of unbranched alkanes of at least 4 members (excludes halogenated alkanes) is 5. The summed E-state index contributed by atoms with van der Waals surface area (Å²) in [5.41, 5.74) is 0.840. The zero-order valence-electron chi connectivity index (χ0n) is 12.4. The van der Waals surface area contributed by atoms with Crippen LogP contribution in [0.25, 0.3) is 0 Å². The third kappa shape index (κ3) is 4.22. The first-order valence-corrected chi connectivity index (χ1v) is 7.84. The van der Waals surface area contributed by atoms with E-state index in [-0.39, 0.29) is 6.10 Å². The van der Waals surface area contributed by atoms with E-state index in [0.29, 0.717) is 13.2 Å². The molecule has 0 aromatic heterocycles. The van der Waals surface area contributed by atoms with Crippen LogP contribution in [0.1, 0.15) is 57.1 Å². The minimum Gasteiger partial charge on any atom is -0.490 e. The molecule has 20 heavy (non-hydrogen) atoms. The highest BCUT2D eigenvalue weighted by Gasteiger charge is 2.29. The molecule has 0 amide bonds. The SMILES string of the molecule is CCCCCCCCOC1COc2ccccc2C1O. The number of rotatable bonds is 8. The Morgan fingerprint density at radius 3 is 2.75 bits per heavy atom. The number of ether oxygens (including phenoxy) is 2. The second-order valence-electron chi connectivity index (χ2n) is 5.47. The Labute approximate surface area is 121 Å². The Morgan fingerprint density at radius 1 is 1.15 bits per heavy atom. The van der Waals surface area contributed by atoms with Crippen LogP contribution in [-0.2, 0) is 4.74 Å². The first-order chi connectivity index (χ1) is 9.83. The highest BCUT2D eigenvalue weighted by molar-refractivity contribution is 5.37. The van der Waals surface area contributed by atoms with Gasteiger partial charge >= 0.3 is 0 Å². The summed E-state index contributed by atoms with van der Waals surface area (Å²) in [6, 6.07) is 7.63. The van der Waals surface area contributed by atoms with Crippen molar-refractivity contribution in [2.24, 2.45) is 0 Å². The number of aliphatic hydroxyl groups excluding tert-OH is 1. The van der Waals surface area contributed by atoms with Crippen LogP contribution in [0.2, 0.25) is 0 Å². The zero-order chi connectivity index (χ0) is 14.2. The van der Waals surface area contributed by atoms with Crippen molar-refractivity contribution in [3.63, 3.8) is 0 Å². The van der Waals surface area contributed by atoms with Crippen LogP contribution in [0.3, 0.4) is 0 Å². The van der Waals surface area contributed by atoms with E-state index < -0.39 is 6.10 Å². The van der Waals surface area contributed by atoms with Gasteiger partial charge in [0.25, 0.3) is 0 Å². The van der Waals surface area contributed by atoms with Crippen molar-refractivity contribution >= 4 is 0 Å². The molecular weight excluding hydrogens is 252 g/mol. The summed E-state index contributed by atoms with van der Waals surface area (Å²) in [4.78, 5) is 0. The van der Waals surface area contributed by atoms with Crippen molar-refractivity contribution in [3.8, 4) is 5.75 Å². The molecule has 0 spiro atoms. The lowest BCUT2D eigenvalue weighted by atomic mass is 10.0. The summed E-state index contributed by atoms with van der Waals surface area (Å²) in [5, 5.41) is 10.3. The molecule has 3 nitrogen and oxygen atoms in total. The van der Waals surface area contributed by atoms with Gasteiger partial charge in [-0.1, -0.05) is 57.2 Å². The third-order valence-electron chi connectivity index (χ3n) is 3.82. The normalized spacial score (nSPS) is 21.3. The van der Waals surface area contributed by atoms with Crippen molar-refractivity contribution in [3.05, 3.63) is 29.8 Å². The van der Waals surface area contributed by atoms with Gasteiger partial charge in [-0.25, -0.2) is 0 Å². The standard InChI is InChI=1S/C17H26O3/c1-2-3-4-5-6-9-12-19-16-13-20-15-11-8-7-10-14(15)17(16)18/h7-8,10-11,16-18H,2-6,9,12-13H2,1H3. The number of benzene rings is 1. The minimum atomic E-state index is -0.569. The summed E-state index contributed by atoms with van der Waals surface area (Å²) in [5.74, 6) is 0.777. The largest absolute Gasteiger partial charge is 0.490 e. The highest BCUT2D eigenvalue weighted by atomic mass is 16.5. The molecule has 1 aromatic rings. The zero-order valence-corrected chi connectivity index (χ0v) is 12.4. The van der Waals surface area contributed by atoms with Gasteiger partial charge < -0.3 is 14.6 Å². The van der Waals surface area contributed by atoms with Gasteiger partial charge in [-0.05, 0) is 12.5 Å². The molecule has 1 aliphatic heterocycles. The maximum Gasteiger partial charge on any atom is 0.125 e. The van der Waals surface area contributed by atoms with E-state index in [1.165, 1.54) is 32.1 Å². The van der Waals surface area contributed by atoms with Crippen LogP contribution in [0.5, 0.6) is 5.75 Å². The third-order valence-corrected chi connectivity index (χ3v) is 3.82. The molecule has 2 rings (SSSR count). The van der Waals surface area contributed by atoms with Crippen molar-refractivity contribution in [1.82, 2.24) is 0 Å². The predicted octanol–water partition coefficient (Wildman–Crippen LogP) is 3.86. The van der Waals surface area contributed by atoms with Crippen LogP contribution in [0.4, 0.5) is 0 Å². The fourth-order valence-electron chi connectivity index (χ4n) is 2.58. The lowest BCUT2D eigenvalue weighted by Gasteiger charge is -2.30. The Kier molecular flexibility index (Phi) is 6.34. The quantitative estimate of drug-likeness (QED) is 0.734. The summed E-state index contributed by atoms with van der Waals surface area (Å²) in [7, 11) is 0. The molecule has 0 saturated heterocycles. The average molecular weight is 278 g/mol. The van der Waals surface area contributed by atoms with Gasteiger partial charge in [0, 0.05) is 12.2 Å². The first kappa shape index (κ1) is 15.3. The Bertz CT molecular complexity index is 392. The minimum absolute atomic E-state index is 0.236. The molecule has 2 atom stereocenters. The smallest absolute Gasteiger partial charge is 0.125 e. The van der Waals surface area contributed by atoms with Gasteiger partial charge in [-0.15, -0.1) is 0 Å². The van der Waals surface area contributed by atoms with Crippen LogP contribution in [-0.4, -0.2) is 24.4 Å². The van der Waals surface area contributed by atoms with Crippen LogP contribution < -0.4 is 4.74 Å². The van der Waals surface area contributed by atoms with Crippen LogP contribution in [0.15, 0.2) is 24.3 Å². The molecule has 1 aromatic carbocycles. The first-order valence-electron chi connectivity index (χ1n) is 7.84. The van der Waals surface area contributed by atoms with E-state index in [4.69, 9.17) is 9.47 Å². The van der Waals surface area contributed by atoms with Crippen molar-refractivity contribution in [2.45, 2.75) is 57.7 Å². The number of hydrogen-bond donors (Lipinski definition) is 1. The van der Waals surface area contributed by atoms with Crippen LogP contribution in [0, 0.1) is 0 Å². The van der Waals surface area contributed by atoms with E-state index in [0.717, 1.165) is 17.7 Å². The lowest BCUT2D eigenvalue weighted by molar-refractivity contribution is -0.0729. The summed E-state index contributed by atoms with van der Waals surface area (Å²) in [6.07, 6.45) is 6.67. The van der Waals surface area contributed by atoms with Crippen LogP contribution >= 0.6 is 0 Å². The molecular formula is C17H26O3. The van der Waals surface area contributed by atoms with Crippen molar-refractivity contribution in [1.29, 1.82) is 0 Å². The number of fused-ring (bicyclic) bond motifs is 1. The molecule has 0 fully saturated rings. The molecule has 3 heteroatoms. The Morgan fingerprint density at radius 2 is 1.90 bits per heavy atom. The molecule has 0 aliphatic carbocycles. The van der Waals surface area contributed by atoms with Gasteiger partial charge in [0.15, 0.2) is 0 Å². The van der Waals surface area contributed by atoms with Crippen molar-refractivity contribution < 1.29 is 14.6 Å². The molecule has 1 N–H and O–H groups in total. The number of hydrogen-bond acceptors (Lipinski definition) is 3. The lowest BCUT2D eigenvalue weighted by Crippen LogP contribution is -2.33. The maximum absolute atomic E-state index is 10.3. The monoisotopic (exact) mass is 278 g/mol. The predicted molar refractivity (Wildman–Crippen MR) is 80.0 cm³/mol. The molecule has 2 unspecified atom stereocenters. The molecule has 0 saturated carbocycles. The average Bonchev–Trinajstić information content (AvgIpc) is 2.49. The van der Waals surface area contributed by atoms with Gasteiger partial charge in [0.2, 0.25) is 0 Å². The molecule has 1 heterocycles.